The fraction of sp³-hybridized carbons (Fsp3) is 0.545. The third-order valence-corrected chi connectivity index (χ3v) is 5.96. The van der Waals surface area contributed by atoms with Gasteiger partial charge in [-0.2, -0.15) is 4.98 Å². The lowest BCUT2D eigenvalue weighted by molar-refractivity contribution is 0.0137. The van der Waals surface area contributed by atoms with Crippen LogP contribution in [0.25, 0.3) is 11.4 Å². The van der Waals surface area contributed by atoms with Crippen molar-refractivity contribution in [3.8, 4) is 11.4 Å². The summed E-state index contributed by atoms with van der Waals surface area (Å²) in [5, 5.41) is 3.82. The van der Waals surface area contributed by atoms with Crippen LogP contribution in [0.3, 0.4) is 0 Å². The van der Waals surface area contributed by atoms with Crippen LogP contribution in [-0.4, -0.2) is 62.7 Å². The summed E-state index contributed by atoms with van der Waals surface area (Å²) >= 11 is 3.21. The Morgan fingerprint density at radius 3 is 2.44 bits per heavy atom. The second-order valence-electron chi connectivity index (χ2n) is 9.19. The molecule has 1 saturated carbocycles. The number of carbonyl (C=O) groups is 2. The van der Waals surface area contributed by atoms with E-state index in [0.29, 0.717) is 30.4 Å². The second-order valence-corrected chi connectivity index (χ2v) is 10.1. The van der Waals surface area contributed by atoms with Gasteiger partial charge in [0.1, 0.15) is 11.4 Å². The summed E-state index contributed by atoms with van der Waals surface area (Å²) in [7, 11) is 0. The van der Waals surface area contributed by atoms with E-state index < -0.39 is 11.4 Å². The summed E-state index contributed by atoms with van der Waals surface area (Å²) in [5.41, 5.74) is -0.381. The van der Waals surface area contributed by atoms with Crippen LogP contribution in [-0.2, 0) is 4.74 Å². The van der Waals surface area contributed by atoms with Gasteiger partial charge in [-0.05, 0) is 64.7 Å². The zero-order valence-electron chi connectivity index (χ0n) is 18.3. The number of aromatic nitrogens is 2. The van der Waals surface area contributed by atoms with Crippen molar-refractivity contribution in [1.29, 1.82) is 0 Å². The summed E-state index contributed by atoms with van der Waals surface area (Å²) in [6, 6.07) is 4.60. The first-order chi connectivity index (χ1) is 15.1. The topological polar surface area (TPSA) is 88.8 Å². The van der Waals surface area contributed by atoms with Gasteiger partial charge in [-0.15, -0.1) is 0 Å². The van der Waals surface area contributed by atoms with Crippen molar-refractivity contribution in [2.75, 3.05) is 13.1 Å². The Morgan fingerprint density at radius 2 is 1.84 bits per heavy atom. The number of hydrogen-bond donors (Lipinski definition) is 0. The van der Waals surface area contributed by atoms with Crippen molar-refractivity contribution in [3.05, 3.63) is 34.4 Å². The van der Waals surface area contributed by atoms with Gasteiger partial charge in [0.15, 0.2) is 0 Å². The molecule has 2 amide bonds. The molecule has 0 bridgehead atoms. The third kappa shape index (κ3) is 5.11. The van der Waals surface area contributed by atoms with Gasteiger partial charge < -0.3 is 19.1 Å². The maximum Gasteiger partial charge on any atom is 0.410 e. The largest absolute Gasteiger partial charge is 0.444 e. The molecule has 8 nitrogen and oxygen atoms in total. The molecule has 10 heteroatoms. The van der Waals surface area contributed by atoms with Crippen LogP contribution in [0.5, 0.6) is 0 Å². The Balaban J connectivity index is 1.45. The smallest absolute Gasteiger partial charge is 0.410 e. The number of ether oxygens (including phenoxy) is 1. The number of likely N-dealkylation sites (tertiary alicyclic amines) is 1. The van der Waals surface area contributed by atoms with E-state index in [1.807, 2.05) is 25.7 Å². The van der Waals surface area contributed by atoms with Gasteiger partial charge >= 0.3 is 17.9 Å². The maximum absolute atomic E-state index is 14.2. The van der Waals surface area contributed by atoms with Crippen molar-refractivity contribution in [2.45, 2.75) is 64.1 Å². The molecule has 2 fully saturated rings. The normalized spacial score (nSPS) is 17.3. The molecule has 2 heterocycles. The lowest BCUT2D eigenvalue weighted by atomic mass is 10.0. The lowest BCUT2D eigenvalue weighted by Crippen LogP contribution is -2.50. The predicted molar refractivity (Wildman–Crippen MR) is 117 cm³/mol. The van der Waals surface area contributed by atoms with Crippen LogP contribution in [0.4, 0.5) is 9.18 Å². The standard InChI is InChI=1S/C22H26BrFN4O4/c1-22(2,3)31-21(30)27-10-8-15(9-11-27)28(14-5-6-14)20(29)19-25-18(26-32-19)16-7-4-13(23)12-17(16)24/h4,7,12,14-15H,5-6,8-11H2,1-3H3. The van der Waals surface area contributed by atoms with Gasteiger partial charge in [-0.25, -0.2) is 9.18 Å². The minimum Gasteiger partial charge on any atom is -0.444 e. The van der Waals surface area contributed by atoms with E-state index >= 15 is 0 Å². The Morgan fingerprint density at radius 1 is 1.19 bits per heavy atom. The molecule has 2 aromatic rings. The number of hydrogen-bond acceptors (Lipinski definition) is 6. The molecule has 0 radical (unpaired) electrons. The summed E-state index contributed by atoms with van der Waals surface area (Å²) in [5.74, 6) is -0.968. The van der Waals surface area contributed by atoms with Crippen LogP contribution in [0.2, 0.25) is 0 Å². The minimum absolute atomic E-state index is 0.0338. The molecule has 32 heavy (non-hydrogen) atoms. The quantitative estimate of drug-likeness (QED) is 0.597. The van der Waals surface area contributed by atoms with E-state index in [1.165, 1.54) is 12.1 Å². The number of benzene rings is 1. The highest BCUT2D eigenvalue weighted by atomic mass is 79.9. The Bertz CT molecular complexity index is 1010. The maximum atomic E-state index is 14.2. The van der Waals surface area contributed by atoms with Gasteiger partial charge in [0.05, 0.1) is 5.56 Å². The van der Waals surface area contributed by atoms with E-state index in [0.717, 1.165) is 12.8 Å². The number of halogens is 2. The van der Waals surface area contributed by atoms with Gasteiger partial charge in [0, 0.05) is 29.6 Å². The van der Waals surface area contributed by atoms with E-state index in [1.54, 1.807) is 11.0 Å². The van der Waals surface area contributed by atoms with E-state index in [2.05, 4.69) is 26.1 Å². The Labute approximate surface area is 194 Å². The number of amides is 2. The summed E-state index contributed by atoms with van der Waals surface area (Å²) in [6.07, 6.45) is 2.78. The minimum atomic E-state index is -0.548. The first-order valence-corrected chi connectivity index (χ1v) is 11.5. The summed E-state index contributed by atoms with van der Waals surface area (Å²) < 4.78 is 25.5. The molecule has 0 unspecified atom stereocenters. The number of nitrogens with zero attached hydrogens (tertiary/aromatic N) is 4. The fourth-order valence-corrected chi connectivity index (χ4v) is 4.17. The van der Waals surface area contributed by atoms with E-state index in [4.69, 9.17) is 9.26 Å². The van der Waals surface area contributed by atoms with Crippen LogP contribution in [0.15, 0.2) is 27.2 Å². The monoisotopic (exact) mass is 508 g/mol. The molecular weight excluding hydrogens is 483 g/mol. The highest BCUT2D eigenvalue weighted by Crippen LogP contribution is 2.34. The first-order valence-electron chi connectivity index (χ1n) is 10.7. The zero-order valence-corrected chi connectivity index (χ0v) is 19.9. The lowest BCUT2D eigenvalue weighted by Gasteiger charge is -2.38. The van der Waals surface area contributed by atoms with Crippen LogP contribution >= 0.6 is 15.9 Å². The van der Waals surface area contributed by atoms with E-state index in [-0.39, 0.29) is 41.4 Å². The molecule has 4 rings (SSSR count). The SMILES string of the molecule is CC(C)(C)OC(=O)N1CCC(N(C(=O)c2nc(-c3ccc(Br)cc3F)no2)C2CC2)CC1. The van der Waals surface area contributed by atoms with Gasteiger partial charge in [-0.1, -0.05) is 21.1 Å². The van der Waals surface area contributed by atoms with Gasteiger partial charge in [0.25, 0.3) is 0 Å². The molecule has 1 aliphatic carbocycles. The molecule has 1 aromatic heterocycles. The van der Waals surface area contributed by atoms with Crippen molar-refractivity contribution in [2.24, 2.45) is 0 Å². The Hall–Kier alpha value is -2.49. The van der Waals surface area contributed by atoms with Crippen molar-refractivity contribution >= 4 is 27.9 Å². The summed E-state index contributed by atoms with van der Waals surface area (Å²) in [4.78, 5) is 33.2. The predicted octanol–water partition coefficient (Wildman–Crippen LogP) is 4.64. The summed E-state index contributed by atoms with van der Waals surface area (Å²) in [6.45, 7) is 6.53. The van der Waals surface area contributed by atoms with Crippen molar-refractivity contribution < 1.29 is 23.2 Å². The highest BCUT2D eigenvalue weighted by Gasteiger charge is 2.41. The average Bonchev–Trinajstić information content (AvgIpc) is 3.42. The van der Waals surface area contributed by atoms with Crippen LogP contribution in [0.1, 0.15) is 57.1 Å². The van der Waals surface area contributed by atoms with E-state index in [9.17, 15) is 14.0 Å². The molecule has 1 saturated heterocycles. The average molecular weight is 509 g/mol. The van der Waals surface area contributed by atoms with Crippen molar-refractivity contribution in [1.82, 2.24) is 19.9 Å². The molecule has 2 aliphatic rings. The van der Waals surface area contributed by atoms with Crippen molar-refractivity contribution in [3.63, 3.8) is 0 Å². The van der Waals surface area contributed by atoms with Gasteiger partial charge in [-0.3, -0.25) is 4.79 Å². The third-order valence-electron chi connectivity index (χ3n) is 5.47. The highest BCUT2D eigenvalue weighted by molar-refractivity contribution is 9.10. The number of piperidine rings is 1. The molecule has 1 aromatic carbocycles. The molecule has 0 spiro atoms. The fourth-order valence-electron chi connectivity index (χ4n) is 3.84. The first kappa shape index (κ1) is 22.7. The Kier molecular flexibility index (Phi) is 6.24. The zero-order chi connectivity index (χ0) is 23.0. The van der Waals surface area contributed by atoms with Crippen LogP contribution in [0, 0.1) is 5.82 Å². The second kappa shape index (κ2) is 8.80. The molecule has 0 atom stereocenters. The number of rotatable bonds is 4. The molecular formula is C22H26BrFN4O4. The number of carbonyl (C=O) groups excluding carboxylic acids is 2. The molecule has 1 aliphatic heterocycles. The van der Waals surface area contributed by atoms with Crippen LogP contribution < -0.4 is 0 Å². The molecule has 0 N–H and O–H groups in total. The van der Waals surface area contributed by atoms with Gasteiger partial charge in [0.2, 0.25) is 5.82 Å². The molecule has 172 valence electrons.